The van der Waals surface area contributed by atoms with Crippen LogP contribution in [0.3, 0.4) is 0 Å². The molecular weight excluding hydrogens is 286 g/mol. The van der Waals surface area contributed by atoms with Crippen LogP contribution in [0.15, 0.2) is 18.2 Å². The summed E-state index contributed by atoms with van der Waals surface area (Å²) in [6, 6.07) is 3.42. The predicted octanol–water partition coefficient (Wildman–Crippen LogP) is 2.24. The van der Waals surface area contributed by atoms with Crippen molar-refractivity contribution in [3.63, 3.8) is 0 Å². The van der Waals surface area contributed by atoms with E-state index in [0.29, 0.717) is 36.5 Å². The van der Waals surface area contributed by atoms with Gasteiger partial charge in [-0.25, -0.2) is 0 Å². The van der Waals surface area contributed by atoms with Crippen molar-refractivity contribution in [2.24, 2.45) is 5.73 Å². The number of nitrogens with two attached hydrogens (primary N) is 1. The number of nitrogens with one attached hydrogen (secondary N) is 1. The topological polar surface area (TPSA) is 118 Å². The number of halogens is 1. The minimum Gasteiger partial charge on any atom is -0.480 e. The summed E-state index contributed by atoms with van der Waals surface area (Å²) < 4.78 is 0. The molecule has 0 fully saturated rings. The van der Waals surface area contributed by atoms with Crippen LogP contribution in [0.25, 0.3) is 0 Å². The molecule has 1 unspecified atom stereocenters. The normalized spacial score (nSPS) is 11.9. The summed E-state index contributed by atoms with van der Waals surface area (Å²) in [5, 5.41) is 22.8. The molecule has 0 spiro atoms. The van der Waals surface area contributed by atoms with E-state index < -0.39 is 16.9 Å². The minimum absolute atomic E-state index is 0.0448. The zero-order valence-electron chi connectivity index (χ0n) is 10.7. The van der Waals surface area contributed by atoms with E-state index in [0.717, 1.165) is 0 Å². The Morgan fingerprint density at radius 3 is 2.80 bits per heavy atom. The molecule has 0 aliphatic carbocycles. The lowest BCUT2D eigenvalue weighted by Crippen LogP contribution is -2.29. The number of carbonyl (C=O) groups is 1. The fourth-order valence-corrected chi connectivity index (χ4v) is 1.82. The van der Waals surface area contributed by atoms with E-state index in [4.69, 9.17) is 22.4 Å². The summed E-state index contributed by atoms with van der Waals surface area (Å²) >= 11 is 5.79. The molecule has 1 aromatic rings. The van der Waals surface area contributed by atoms with Gasteiger partial charge in [-0.05, 0) is 31.4 Å². The van der Waals surface area contributed by atoms with Crippen LogP contribution < -0.4 is 11.1 Å². The van der Waals surface area contributed by atoms with Crippen LogP contribution in [0.1, 0.15) is 19.3 Å². The Labute approximate surface area is 120 Å². The van der Waals surface area contributed by atoms with Gasteiger partial charge in [0.2, 0.25) is 0 Å². The summed E-state index contributed by atoms with van der Waals surface area (Å²) in [6.07, 6.45) is 1.65. The number of rotatable bonds is 8. The third-order valence-corrected chi connectivity index (χ3v) is 2.96. The van der Waals surface area contributed by atoms with Gasteiger partial charge in [-0.2, -0.15) is 0 Å². The molecule has 0 bridgehead atoms. The number of carboxylic acid groups (broad SMARTS) is 1. The van der Waals surface area contributed by atoms with Crippen molar-refractivity contribution in [2.45, 2.75) is 25.3 Å². The van der Waals surface area contributed by atoms with Gasteiger partial charge in [0.15, 0.2) is 0 Å². The molecule has 4 N–H and O–H groups in total. The van der Waals surface area contributed by atoms with Crippen LogP contribution in [0, 0.1) is 10.1 Å². The maximum atomic E-state index is 10.8. The second kappa shape index (κ2) is 7.66. The first kappa shape index (κ1) is 16.2. The van der Waals surface area contributed by atoms with Crippen LogP contribution in [0.2, 0.25) is 5.02 Å². The van der Waals surface area contributed by atoms with Gasteiger partial charge in [0, 0.05) is 17.6 Å². The quantitative estimate of drug-likeness (QED) is 0.385. The highest BCUT2D eigenvalue weighted by atomic mass is 35.5. The molecule has 1 aromatic carbocycles. The lowest BCUT2D eigenvalue weighted by molar-refractivity contribution is -0.384. The van der Waals surface area contributed by atoms with Crippen LogP contribution in [-0.2, 0) is 4.79 Å². The van der Waals surface area contributed by atoms with Crippen LogP contribution >= 0.6 is 11.6 Å². The Hall–Kier alpha value is -1.86. The number of hydrogen-bond donors (Lipinski definition) is 3. The monoisotopic (exact) mass is 301 g/mol. The van der Waals surface area contributed by atoms with Crippen LogP contribution in [0.5, 0.6) is 0 Å². The summed E-state index contributed by atoms with van der Waals surface area (Å²) in [4.78, 5) is 20.9. The van der Waals surface area contributed by atoms with Gasteiger partial charge in [0.25, 0.3) is 5.69 Å². The Morgan fingerprint density at radius 1 is 1.50 bits per heavy atom. The molecule has 7 nitrogen and oxygen atoms in total. The van der Waals surface area contributed by atoms with Crippen molar-refractivity contribution in [1.29, 1.82) is 0 Å². The van der Waals surface area contributed by atoms with E-state index in [1.807, 2.05) is 0 Å². The minimum atomic E-state index is -1.02. The van der Waals surface area contributed by atoms with Gasteiger partial charge in [-0.1, -0.05) is 11.6 Å². The molecule has 0 amide bonds. The first-order valence-electron chi connectivity index (χ1n) is 6.08. The molecule has 0 radical (unpaired) electrons. The fourth-order valence-electron chi connectivity index (χ4n) is 1.64. The van der Waals surface area contributed by atoms with E-state index >= 15 is 0 Å². The number of aliphatic carboxylic acids is 1. The van der Waals surface area contributed by atoms with Gasteiger partial charge >= 0.3 is 5.97 Å². The van der Waals surface area contributed by atoms with Gasteiger partial charge in [0.1, 0.15) is 11.7 Å². The maximum Gasteiger partial charge on any atom is 0.320 e. The Bertz CT molecular complexity index is 496. The van der Waals surface area contributed by atoms with E-state index in [9.17, 15) is 14.9 Å². The zero-order valence-corrected chi connectivity index (χ0v) is 11.5. The SMILES string of the molecule is NC(CCCCNc1cc(Cl)ccc1[N+](=O)[O-])C(=O)O. The Morgan fingerprint density at radius 2 is 2.20 bits per heavy atom. The molecule has 1 rings (SSSR count). The highest BCUT2D eigenvalue weighted by molar-refractivity contribution is 6.31. The molecule has 0 aliphatic heterocycles. The highest BCUT2D eigenvalue weighted by Gasteiger charge is 2.14. The summed E-state index contributed by atoms with van der Waals surface area (Å²) in [5.74, 6) is -1.02. The zero-order chi connectivity index (χ0) is 15.1. The maximum absolute atomic E-state index is 10.8. The predicted molar refractivity (Wildman–Crippen MR) is 76.1 cm³/mol. The van der Waals surface area contributed by atoms with Crippen LogP contribution in [0.4, 0.5) is 11.4 Å². The van der Waals surface area contributed by atoms with E-state index in [1.165, 1.54) is 18.2 Å². The lowest BCUT2D eigenvalue weighted by Gasteiger charge is -2.08. The molecule has 0 saturated heterocycles. The second-order valence-corrected chi connectivity index (χ2v) is 4.72. The molecule has 20 heavy (non-hydrogen) atoms. The average Bonchev–Trinajstić information content (AvgIpc) is 2.37. The van der Waals surface area contributed by atoms with E-state index in [1.54, 1.807) is 0 Å². The van der Waals surface area contributed by atoms with E-state index in [-0.39, 0.29) is 5.69 Å². The smallest absolute Gasteiger partial charge is 0.320 e. The third kappa shape index (κ3) is 5.02. The molecule has 0 aromatic heterocycles. The summed E-state index contributed by atoms with van der Waals surface area (Å²) in [5.41, 5.74) is 5.67. The van der Waals surface area contributed by atoms with Crippen molar-refractivity contribution in [2.75, 3.05) is 11.9 Å². The van der Waals surface area contributed by atoms with Gasteiger partial charge < -0.3 is 16.2 Å². The van der Waals surface area contributed by atoms with Gasteiger partial charge in [-0.15, -0.1) is 0 Å². The second-order valence-electron chi connectivity index (χ2n) is 4.29. The van der Waals surface area contributed by atoms with E-state index in [2.05, 4.69) is 5.32 Å². The number of unbranched alkanes of at least 4 members (excludes halogenated alkanes) is 1. The molecule has 0 saturated carbocycles. The Balaban J connectivity index is 2.44. The fraction of sp³-hybridized carbons (Fsp3) is 0.417. The lowest BCUT2D eigenvalue weighted by atomic mass is 10.1. The molecule has 8 heteroatoms. The van der Waals surface area contributed by atoms with Crippen molar-refractivity contribution < 1.29 is 14.8 Å². The number of nitro benzene ring substituents is 1. The molecule has 0 heterocycles. The van der Waals surface area contributed by atoms with Crippen molar-refractivity contribution in [3.05, 3.63) is 33.3 Å². The number of nitrogens with zero attached hydrogens (tertiary/aromatic N) is 1. The number of benzene rings is 1. The average molecular weight is 302 g/mol. The van der Waals surface area contributed by atoms with Crippen molar-refractivity contribution >= 4 is 28.9 Å². The third-order valence-electron chi connectivity index (χ3n) is 2.73. The number of hydrogen-bond acceptors (Lipinski definition) is 5. The van der Waals surface area contributed by atoms with Crippen molar-refractivity contribution in [3.8, 4) is 0 Å². The number of nitro groups is 1. The molecular formula is C12H16ClN3O4. The molecule has 0 aliphatic rings. The number of anilines is 1. The van der Waals surface area contributed by atoms with Crippen molar-refractivity contribution in [1.82, 2.24) is 0 Å². The first-order chi connectivity index (χ1) is 9.41. The largest absolute Gasteiger partial charge is 0.480 e. The first-order valence-corrected chi connectivity index (χ1v) is 6.46. The summed E-state index contributed by atoms with van der Waals surface area (Å²) in [6.45, 7) is 0.480. The van der Waals surface area contributed by atoms with Gasteiger partial charge in [0.05, 0.1) is 4.92 Å². The standard InChI is InChI=1S/C12H16ClN3O4/c13-8-4-5-11(16(19)20)10(7-8)15-6-2-1-3-9(14)12(17)18/h4-5,7,9,15H,1-3,6,14H2,(H,17,18). The van der Waals surface area contributed by atoms with Gasteiger partial charge in [-0.3, -0.25) is 14.9 Å². The Kier molecular flexibility index (Phi) is 6.20. The highest BCUT2D eigenvalue weighted by Crippen LogP contribution is 2.27. The summed E-state index contributed by atoms with van der Waals surface area (Å²) in [7, 11) is 0. The van der Waals surface area contributed by atoms with Crippen LogP contribution in [-0.4, -0.2) is 28.6 Å². The molecule has 110 valence electrons. The molecule has 1 atom stereocenters. The number of carboxylic acids is 1.